The smallest absolute Gasteiger partial charge is 0.138 e. The van der Waals surface area contributed by atoms with Crippen LogP contribution in [0.15, 0.2) is 53.3 Å². The van der Waals surface area contributed by atoms with Gasteiger partial charge < -0.3 is 14.7 Å². The number of hydrogen-bond acceptors (Lipinski definition) is 7. The lowest BCUT2D eigenvalue weighted by molar-refractivity contribution is 0.256. The van der Waals surface area contributed by atoms with Crippen LogP contribution >= 0.6 is 10.6 Å². The van der Waals surface area contributed by atoms with Crippen LogP contribution < -0.4 is 5.32 Å². The number of nitrogens with zero attached hydrogens (tertiary/aromatic N) is 3. The van der Waals surface area contributed by atoms with E-state index in [1.807, 2.05) is 43.5 Å². The normalized spacial score (nSPS) is 17.0. The first-order chi connectivity index (χ1) is 15.9. The first kappa shape index (κ1) is 21.6. The Labute approximate surface area is 193 Å². The fourth-order valence-electron chi connectivity index (χ4n) is 4.17. The molecule has 33 heavy (non-hydrogen) atoms. The Morgan fingerprint density at radius 2 is 2.00 bits per heavy atom. The first-order valence-corrected chi connectivity index (χ1v) is 12.6. The van der Waals surface area contributed by atoms with Crippen molar-refractivity contribution in [1.82, 2.24) is 14.9 Å². The molecule has 4 N–H and O–H groups in total. The number of fused-ring (bicyclic) bond motifs is 1. The highest BCUT2D eigenvalue weighted by molar-refractivity contribution is 8.24. The van der Waals surface area contributed by atoms with Crippen molar-refractivity contribution in [2.45, 2.75) is 13.5 Å². The minimum atomic E-state index is -2.42. The molecule has 1 fully saturated rings. The third kappa shape index (κ3) is 4.34. The minimum absolute atomic E-state index is 0.396. The third-order valence-electron chi connectivity index (χ3n) is 6.11. The van der Waals surface area contributed by atoms with Gasteiger partial charge in [0, 0.05) is 48.3 Å². The van der Waals surface area contributed by atoms with Gasteiger partial charge in [0.1, 0.15) is 17.6 Å². The molecular formula is C24H25N5O3S. The maximum absolute atomic E-state index is 9.82. The number of furan rings is 1. The molecule has 0 saturated carbocycles. The summed E-state index contributed by atoms with van der Waals surface area (Å²) in [6.07, 6.45) is 5.16. The van der Waals surface area contributed by atoms with Gasteiger partial charge in [0.25, 0.3) is 0 Å². The molecule has 0 atom stereocenters. The fourth-order valence-corrected chi connectivity index (χ4v) is 5.48. The Morgan fingerprint density at radius 1 is 1.18 bits per heavy atom. The van der Waals surface area contributed by atoms with Crippen molar-refractivity contribution in [2.75, 3.05) is 29.9 Å². The van der Waals surface area contributed by atoms with E-state index in [0.29, 0.717) is 53.7 Å². The average Bonchev–Trinajstić information content (AvgIpc) is 3.47. The second kappa shape index (κ2) is 8.57. The Bertz CT molecular complexity index is 1340. The van der Waals surface area contributed by atoms with Crippen molar-refractivity contribution >= 4 is 32.9 Å². The van der Waals surface area contributed by atoms with Crippen LogP contribution in [0.1, 0.15) is 16.9 Å². The van der Waals surface area contributed by atoms with Gasteiger partial charge in [0.15, 0.2) is 0 Å². The lowest BCUT2D eigenvalue weighted by atomic mass is 10.1. The number of aryl methyl sites for hydroxylation is 1. The quantitative estimate of drug-likeness (QED) is 0.316. The van der Waals surface area contributed by atoms with Crippen LogP contribution in [0.5, 0.6) is 0 Å². The fraction of sp³-hybridized carbons (Fsp3) is 0.250. The Balaban J connectivity index is 1.44. The Hall–Kier alpha value is -3.29. The first-order valence-electron chi connectivity index (χ1n) is 10.7. The topological polar surface area (TPSA) is 121 Å². The second-order valence-corrected chi connectivity index (χ2v) is 10.7. The zero-order valence-electron chi connectivity index (χ0n) is 18.2. The van der Waals surface area contributed by atoms with Crippen molar-refractivity contribution < 1.29 is 13.5 Å². The number of rotatable bonds is 5. The van der Waals surface area contributed by atoms with E-state index in [0.717, 1.165) is 27.9 Å². The summed E-state index contributed by atoms with van der Waals surface area (Å²) in [5.74, 6) is 2.20. The third-order valence-corrected chi connectivity index (χ3v) is 7.78. The molecule has 1 saturated heterocycles. The van der Waals surface area contributed by atoms with E-state index in [2.05, 4.69) is 26.3 Å². The summed E-state index contributed by atoms with van der Waals surface area (Å²) in [6.45, 7) is 3.88. The van der Waals surface area contributed by atoms with Crippen molar-refractivity contribution in [3.63, 3.8) is 0 Å². The predicted molar refractivity (Wildman–Crippen MR) is 131 cm³/mol. The highest BCUT2D eigenvalue weighted by Gasteiger charge is 2.23. The number of nitrogens with one attached hydrogen (secondary N) is 2. The number of H-pyrrole nitrogens is 1. The van der Waals surface area contributed by atoms with Gasteiger partial charge in [0.05, 0.1) is 34.9 Å². The number of nitriles is 1. The second-order valence-electron chi connectivity index (χ2n) is 8.28. The molecule has 5 rings (SSSR count). The predicted octanol–water partition coefficient (Wildman–Crippen LogP) is 5.31. The lowest BCUT2D eigenvalue weighted by Crippen LogP contribution is -2.37. The summed E-state index contributed by atoms with van der Waals surface area (Å²) < 4.78 is 25.8. The molecule has 1 aliphatic rings. The van der Waals surface area contributed by atoms with Gasteiger partial charge in [-0.1, -0.05) is 0 Å². The number of anilines is 2. The zero-order chi connectivity index (χ0) is 23.0. The van der Waals surface area contributed by atoms with E-state index in [9.17, 15) is 14.4 Å². The molecule has 0 aliphatic carbocycles. The van der Waals surface area contributed by atoms with Crippen LogP contribution in [-0.2, 0) is 6.54 Å². The highest BCUT2D eigenvalue weighted by atomic mass is 32.3. The molecule has 0 unspecified atom stereocenters. The molecule has 0 amide bonds. The van der Waals surface area contributed by atoms with Gasteiger partial charge in [0.2, 0.25) is 0 Å². The molecule has 0 radical (unpaired) electrons. The molecule has 9 heteroatoms. The number of pyridine rings is 1. The van der Waals surface area contributed by atoms with Crippen molar-refractivity contribution in [2.24, 2.45) is 0 Å². The minimum Gasteiger partial charge on any atom is -0.460 e. The number of aromatic nitrogens is 2. The van der Waals surface area contributed by atoms with Crippen LogP contribution in [0.2, 0.25) is 0 Å². The monoisotopic (exact) mass is 463 g/mol. The summed E-state index contributed by atoms with van der Waals surface area (Å²) in [5, 5.41) is 14.3. The van der Waals surface area contributed by atoms with E-state index >= 15 is 0 Å². The standard InChI is InChI=1S/C24H25N5O3S/c1-16-19-6-7-27-22(19)4-3-21(16)28-24-17(12-25)13-26-14-20(24)23-5-2-18(32-23)15-29-8-10-33(30,31)11-9-29/h2-7,13-14,27,30-31H,8-11,15H2,1H3,(H,26,28). The molecule has 0 spiro atoms. The van der Waals surface area contributed by atoms with Crippen LogP contribution in [0.4, 0.5) is 11.4 Å². The molecule has 0 bridgehead atoms. The van der Waals surface area contributed by atoms with Crippen LogP contribution in [0.3, 0.4) is 0 Å². The van der Waals surface area contributed by atoms with E-state index in [1.54, 1.807) is 12.4 Å². The molecule has 8 nitrogen and oxygen atoms in total. The van der Waals surface area contributed by atoms with Gasteiger partial charge in [-0.2, -0.15) is 15.9 Å². The average molecular weight is 464 g/mol. The number of aromatic amines is 1. The summed E-state index contributed by atoms with van der Waals surface area (Å²) >= 11 is 0. The summed E-state index contributed by atoms with van der Waals surface area (Å²) in [5.41, 5.74) is 4.84. The van der Waals surface area contributed by atoms with Gasteiger partial charge in [-0.15, -0.1) is 0 Å². The van der Waals surface area contributed by atoms with Gasteiger partial charge in [-0.3, -0.25) is 19.0 Å². The molecule has 4 aromatic rings. The van der Waals surface area contributed by atoms with Crippen LogP contribution in [-0.4, -0.2) is 48.6 Å². The zero-order valence-corrected chi connectivity index (χ0v) is 19.0. The molecular weight excluding hydrogens is 438 g/mol. The molecule has 170 valence electrons. The summed E-state index contributed by atoms with van der Waals surface area (Å²) in [7, 11) is -2.42. The van der Waals surface area contributed by atoms with E-state index < -0.39 is 10.6 Å². The van der Waals surface area contributed by atoms with E-state index in [-0.39, 0.29) is 0 Å². The van der Waals surface area contributed by atoms with Crippen LogP contribution in [0.25, 0.3) is 22.2 Å². The van der Waals surface area contributed by atoms with Crippen LogP contribution in [0, 0.1) is 18.3 Å². The summed E-state index contributed by atoms with van der Waals surface area (Å²) in [4.78, 5) is 9.62. The molecule has 3 aromatic heterocycles. The Morgan fingerprint density at radius 3 is 2.79 bits per heavy atom. The molecule has 4 heterocycles. The molecule has 1 aromatic carbocycles. The molecule has 1 aliphatic heterocycles. The van der Waals surface area contributed by atoms with Gasteiger partial charge >= 0.3 is 0 Å². The van der Waals surface area contributed by atoms with Crippen molar-refractivity contribution in [3.8, 4) is 17.4 Å². The van der Waals surface area contributed by atoms with Gasteiger partial charge in [-0.05, 0) is 42.8 Å². The summed E-state index contributed by atoms with van der Waals surface area (Å²) in [6, 6.07) is 12.1. The SMILES string of the molecule is Cc1c(Nc2c(C#N)cncc2-c2ccc(CN3CCS(O)(O)CC3)o2)ccc2[nH]ccc12. The number of benzene rings is 1. The Kier molecular flexibility index (Phi) is 5.60. The highest BCUT2D eigenvalue weighted by Crippen LogP contribution is 2.41. The largest absolute Gasteiger partial charge is 0.460 e. The maximum atomic E-state index is 9.82. The maximum Gasteiger partial charge on any atom is 0.138 e. The lowest BCUT2D eigenvalue weighted by Gasteiger charge is -2.40. The van der Waals surface area contributed by atoms with E-state index in [1.165, 1.54) is 0 Å². The number of hydrogen-bond donors (Lipinski definition) is 4. The van der Waals surface area contributed by atoms with E-state index in [4.69, 9.17) is 4.42 Å². The van der Waals surface area contributed by atoms with Crippen molar-refractivity contribution in [3.05, 3.63) is 65.8 Å². The van der Waals surface area contributed by atoms with Gasteiger partial charge in [-0.25, -0.2) is 0 Å². The van der Waals surface area contributed by atoms with Crippen molar-refractivity contribution in [1.29, 1.82) is 5.26 Å².